The molecule has 3 N–H and O–H groups in total. The lowest BCUT2D eigenvalue weighted by Crippen LogP contribution is -2.39. The van der Waals surface area contributed by atoms with Crippen LogP contribution >= 0.6 is 11.3 Å². The largest absolute Gasteiger partial charge is 0.372 e. The van der Waals surface area contributed by atoms with E-state index < -0.39 is 10.0 Å². The molecule has 0 bridgehead atoms. The number of aryl methyl sites for hydroxylation is 1. The Balaban J connectivity index is 1.66. The number of fused-ring (bicyclic) bond motifs is 1. The van der Waals surface area contributed by atoms with E-state index in [2.05, 4.69) is 33.4 Å². The Bertz CT molecular complexity index is 948. The van der Waals surface area contributed by atoms with Crippen LogP contribution in [0.5, 0.6) is 0 Å². The number of carbonyl (C=O) groups is 1. The van der Waals surface area contributed by atoms with Gasteiger partial charge in [0.25, 0.3) is 0 Å². The first-order chi connectivity index (χ1) is 14.3. The highest BCUT2D eigenvalue weighted by Crippen LogP contribution is 2.43. The molecule has 0 saturated heterocycles. The Hall–Kier alpha value is -1.58. The zero-order valence-electron chi connectivity index (χ0n) is 18.0. The Kier molecular flexibility index (Phi) is 6.14. The summed E-state index contributed by atoms with van der Waals surface area (Å²) in [6.45, 7) is 7.26. The van der Waals surface area contributed by atoms with Gasteiger partial charge in [0, 0.05) is 35.3 Å². The Morgan fingerprint density at radius 1 is 1.33 bits per heavy atom. The molecule has 1 amide bonds. The van der Waals surface area contributed by atoms with E-state index in [4.69, 9.17) is 0 Å². The second-order valence-electron chi connectivity index (χ2n) is 8.89. The second kappa shape index (κ2) is 8.51. The van der Waals surface area contributed by atoms with Crippen molar-refractivity contribution < 1.29 is 13.2 Å². The molecule has 0 radical (unpaired) electrons. The number of amides is 1. The standard InChI is InChI=1S/C21H32N4O3S2/c1-4-15-11-22-12-25(15)16-7-8-18-17(9-16)19(30(27,28)23-10-13(2)3)21(29-18)24-20(26)14-5-6-14/h11,13-14,16,22-23H,4-10,12H2,1-3H3,(H,24,26). The van der Waals surface area contributed by atoms with Gasteiger partial charge >= 0.3 is 0 Å². The molecule has 30 heavy (non-hydrogen) atoms. The van der Waals surface area contributed by atoms with Gasteiger partial charge in [-0.2, -0.15) is 0 Å². The van der Waals surface area contributed by atoms with Gasteiger partial charge in [0.2, 0.25) is 15.9 Å². The molecule has 2 heterocycles. The molecule has 7 nitrogen and oxygen atoms in total. The Morgan fingerprint density at radius 3 is 2.77 bits per heavy atom. The van der Waals surface area contributed by atoms with Gasteiger partial charge in [-0.25, -0.2) is 13.1 Å². The van der Waals surface area contributed by atoms with E-state index >= 15 is 0 Å². The third kappa shape index (κ3) is 4.38. The lowest BCUT2D eigenvalue weighted by molar-refractivity contribution is -0.117. The highest BCUT2D eigenvalue weighted by Gasteiger charge is 2.37. The zero-order valence-corrected chi connectivity index (χ0v) is 19.6. The van der Waals surface area contributed by atoms with Crippen LogP contribution in [-0.4, -0.2) is 38.5 Å². The maximum Gasteiger partial charge on any atom is 0.243 e. The van der Waals surface area contributed by atoms with Gasteiger partial charge in [-0.05, 0) is 50.0 Å². The first-order valence-corrected chi connectivity index (χ1v) is 13.2. The van der Waals surface area contributed by atoms with Gasteiger partial charge in [0.05, 0.1) is 6.67 Å². The van der Waals surface area contributed by atoms with E-state index in [0.29, 0.717) is 22.9 Å². The van der Waals surface area contributed by atoms with Crippen molar-refractivity contribution in [1.82, 2.24) is 14.9 Å². The van der Waals surface area contributed by atoms with Crippen LogP contribution < -0.4 is 15.4 Å². The summed E-state index contributed by atoms with van der Waals surface area (Å²) in [4.78, 5) is 16.2. The fourth-order valence-corrected chi connectivity index (χ4v) is 7.38. The highest BCUT2D eigenvalue weighted by atomic mass is 32.2. The van der Waals surface area contributed by atoms with Crippen LogP contribution in [0.2, 0.25) is 0 Å². The van der Waals surface area contributed by atoms with Crippen molar-refractivity contribution in [3.63, 3.8) is 0 Å². The molecule has 1 fully saturated rings. The van der Waals surface area contributed by atoms with Crippen molar-refractivity contribution in [2.24, 2.45) is 11.8 Å². The molecule has 0 aromatic carbocycles. The van der Waals surface area contributed by atoms with Crippen molar-refractivity contribution in [1.29, 1.82) is 0 Å². The number of sulfonamides is 1. The fraction of sp³-hybridized carbons (Fsp3) is 0.667. The van der Waals surface area contributed by atoms with E-state index in [1.165, 1.54) is 17.0 Å². The summed E-state index contributed by atoms with van der Waals surface area (Å²) in [7, 11) is -3.70. The zero-order chi connectivity index (χ0) is 21.5. The normalized spacial score (nSPS) is 21.4. The first-order valence-electron chi connectivity index (χ1n) is 10.9. The van der Waals surface area contributed by atoms with Crippen molar-refractivity contribution in [3.05, 3.63) is 22.3 Å². The predicted molar refractivity (Wildman–Crippen MR) is 120 cm³/mol. The van der Waals surface area contributed by atoms with Gasteiger partial charge < -0.3 is 15.5 Å². The summed E-state index contributed by atoms with van der Waals surface area (Å²) < 4.78 is 29.4. The van der Waals surface area contributed by atoms with Crippen LogP contribution in [0.25, 0.3) is 0 Å². The second-order valence-corrected chi connectivity index (χ2v) is 11.7. The number of allylic oxidation sites excluding steroid dienone is 1. The topological polar surface area (TPSA) is 90.5 Å². The van der Waals surface area contributed by atoms with Crippen LogP contribution in [-0.2, 0) is 27.7 Å². The SMILES string of the molecule is CCC1=CNCN1C1CCc2sc(NC(=O)C3CC3)c(S(=O)(=O)NCC(C)C)c2C1. The average Bonchev–Trinajstić information content (AvgIpc) is 3.33. The van der Waals surface area contributed by atoms with E-state index in [9.17, 15) is 13.2 Å². The van der Waals surface area contributed by atoms with Crippen molar-refractivity contribution in [2.75, 3.05) is 18.5 Å². The molecule has 3 aliphatic rings. The number of anilines is 1. The van der Waals surface area contributed by atoms with E-state index in [0.717, 1.165) is 49.2 Å². The Morgan fingerprint density at radius 2 is 2.10 bits per heavy atom. The number of carbonyl (C=O) groups excluding carboxylic acids is 1. The summed E-state index contributed by atoms with van der Waals surface area (Å²) in [5.41, 5.74) is 2.16. The van der Waals surface area contributed by atoms with Gasteiger partial charge in [-0.1, -0.05) is 20.8 Å². The number of thiophene rings is 1. The molecule has 1 atom stereocenters. The average molecular weight is 453 g/mol. The third-order valence-corrected chi connectivity index (χ3v) is 8.90. The van der Waals surface area contributed by atoms with Crippen molar-refractivity contribution >= 4 is 32.3 Å². The summed E-state index contributed by atoms with van der Waals surface area (Å²) in [6.07, 6.45) is 7.30. The summed E-state index contributed by atoms with van der Waals surface area (Å²) in [5.74, 6) is 0.189. The van der Waals surface area contributed by atoms with E-state index in [-0.39, 0.29) is 23.8 Å². The minimum Gasteiger partial charge on any atom is -0.372 e. The molecular formula is C21H32N4O3S2. The van der Waals surface area contributed by atoms with Crippen molar-refractivity contribution in [2.45, 2.75) is 70.2 Å². The monoisotopic (exact) mass is 452 g/mol. The molecule has 4 rings (SSSR count). The number of nitrogens with one attached hydrogen (secondary N) is 3. The molecule has 1 saturated carbocycles. The molecule has 1 aromatic rings. The van der Waals surface area contributed by atoms with Crippen LogP contribution in [0, 0.1) is 11.8 Å². The van der Waals surface area contributed by atoms with Crippen LogP contribution in [0.3, 0.4) is 0 Å². The van der Waals surface area contributed by atoms with Gasteiger partial charge in [0.15, 0.2) is 0 Å². The molecule has 2 aliphatic carbocycles. The Labute approximate surface area is 183 Å². The molecular weight excluding hydrogens is 420 g/mol. The quantitative estimate of drug-likeness (QED) is 0.564. The van der Waals surface area contributed by atoms with Gasteiger partial charge in [0.1, 0.15) is 9.90 Å². The molecule has 1 unspecified atom stereocenters. The smallest absolute Gasteiger partial charge is 0.243 e. The van der Waals surface area contributed by atoms with Crippen LogP contribution in [0.15, 0.2) is 16.8 Å². The van der Waals surface area contributed by atoms with Gasteiger partial charge in [-0.3, -0.25) is 4.79 Å². The lowest BCUT2D eigenvalue weighted by Gasteiger charge is -2.34. The molecule has 9 heteroatoms. The molecule has 166 valence electrons. The highest BCUT2D eigenvalue weighted by molar-refractivity contribution is 7.90. The minimum atomic E-state index is -3.70. The molecule has 1 aliphatic heterocycles. The van der Waals surface area contributed by atoms with Gasteiger partial charge in [-0.15, -0.1) is 11.3 Å². The van der Waals surface area contributed by atoms with Crippen LogP contribution in [0.1, 0.15) is 56.9 Å². The summed E-state index contributed by atoms with van der Waals surface area (Å²) in [5, 5.41) is 6.75. The molecule has 0 spiro atoms. The fourth-order valence-electron chi connectivity index (χ4n) is 4.19. The van der Waals surface area contributed by atoms with Crippen molar-refractivity contribution in [3.8, 4) is 0 Å². The lowest BCUT2D eigenvalue weighted by atomic mass is 9.93. The number of hydrogen-bond donors (Lipinski definition) is 3. The number of hydrogen-bond acceptors (Lipinski definition) is 6. The minimum absolute atomic E-state index is 0.0315. The maximum atomic E-state index is 13.3. The number of rotatable bonds is 8. The first kappa shape index (κ1) is 21.6. The number of nitrogens with zero attached hydrogens (tertiary/aromatic N) is 1. The van der Waals surface area contributed by atoms with E-state index in [1.807, 2.05) is 13.8 Å². The molecule has 1 aromatic heterocycles. The maximum absolute atomic E-state index is 13.3. The summed E-state index contributed by atoms with van der Waals surface area (Å²) >= 11 is 1.45. The predicted octanol–water partition coefficient (Wildman–Crippen LogP) is 3.00. The van der Waals surface area contributed by atoms with Crippen LogP contribution in [0.4, 0.5) is 5.00 Å². The van der Waals surface area contributed by atoms with E-state index in [1.54, 1.807) is 0 Å². The third-order valence-electron chi connectivity index (χ3n) is 6.02. The summed E-state index contributed by atoms with van der Waals surface area (Å²) in [6, 6.07) is 0.263.